The lowest BCUT2D eigenvalue weighted by atomic mass is 10.1. The first kappa shape index (κ1) is 12.4. The second-order valence-corrected chi connectivity index (χ2v) is 5.42. The standard InChI is InChI=1S/C10H12BrNO2S/c1-8(6-11)10-4-2-9(3-5-10)7-15(12,13)14/h2-5H,1,6-7H2,(H2,12,13,14). The van der Waals surface area contributed by atoms with Crippen molar-refractivity contribution in [1.29, 1.82) is 0 Å². The Morgan fingerprint density at radius 3 is 2.27 bits per heavy atom. The van der Waals surface area contributed by atoms with Crippen molar-refractivity contribution in [2.24, 2.45) is 5.14 Å². The van der Waals surface area contributed by atoms with Gasteiger partial charge in [0.05, 0.1) is 5.75 Å². The minimum Gasteiger partial charge on any atom is -0.228 e. The van der Waals surface area contributed by atoms with Crippen LogP contribution in [0.25, 0.3) is 5.57 Å². The first-order chi connectivity index (χ1) is 6.92. The second kappa shape index (κ2) is 4.92. The predicted molar refractivity (Wildman–Crippen MR) is 66.1 cm³/mol. The minimum absolute atomic E-state index is 0.131. The normalized spacial score (nSPS) is 11.3. The monoisotopic (exact) mass is 289 g/mol. The maximum atomic E-state index is 10.8. The summed E-state index contributed by atoms with van der Waals surface area (Å²) in [6, 6.07) is 7.16. The van der Waals surface area contributed by atoms with Crippen molar-refractivity contribution in [3.8, 4) is 0 Å². The first-order valence-corrected chi connectivity index (χ1v) is 7.09. The van der Waals surface area contributed by atoms with Crippen LogP contribution in [0.3, 0.4) is 0 Å². The molecule has 15 heavy (non-hydrogen) atoms. The van der Waals surface area contributed by atoms with E-state index in [1.807, 2.05) is 12.1 Å². The Balaban J connectivity index is 2.86. The molecule has 0 amide bonds. The van der Waals surface area contributed by atoms with Crippen LogP contribution >= 0.6 is 15.9 Å². The number of nitrogens with two attached hydrogens (primary N) is 1. The van der Waals surface area contributed by atoms with E-state index >= 15 is 0 Å². The van der Waals surface area contributed by atoms with E-state index in [-0.39, 0.29) is 5.75 Å². The molecule has 0 aromatic heterocycles. The zero-order valence-electron chi connectivity index (χ0n) is 8.11. The summed E-state index contributed by atoms with van der Waals surface area (Å²) in [5, 5.41) is 5.63. The third-order valence-corrected chi connectivity index (χ3v) is 3.30. The van der Waals surface area contributed by atoms with Gasteiger partial charge < -0.3 is 0 Å². The number of hydrogen-bond donors (Lipinski definition) is 1. The Bertz CT molecular complexity index is 451. The smallest absolute Gasteiger partial charge is 0.213 e. The Labute approximate surface area is 98.2 Å². The topological polar surface area (TPSA) is 60.2 Å². The predicted octanol–water partition coefficient (Wildman–Crippen LogP) is 1.88. The molecule has 0 fully saturated rings. The van der Waals surface area contributed by atoms with E-state index in [1.165, 1.54) is 0 Å². The SMILES string of the molecule is C=C(CBr)c1ccc(CS(N)(=O)=O)cc1. The van der Waals surface area contributed by atoms with Crippen LogP contribution < -0.4 is 5.14 Å². The number of primary sulfonamides is 1. The summed E-state index contributed by atoms with van der Waals surface area (Å²) in [6.45, 7) is 3.86. The van der Waals surface area contributed by atoms with Gasteiger partial charge in [-0.1, -0.05) is 46.8 Å². The fourth-order valence-electron chi connectivity index (χ4n) is 1.15. The summed E-state index contributed by atoms with van der Waals surface area (Å²) in [7, 11) is -3.45. The van der Waals surface area contributed by atoms with Gasteiger partial charge in [-0.2, -0.15) is 0 Å². The van der Waals surface area contributed by atoms with Crippen molar-refractivity contribution in [3.63, 3.8) is 0 Å². The lowest BCUT2D eigenvalue weighted by molar-refractivity contribution is 0.597. The minimum atomic E-state index is -3.45. The molecule has 1 aromatic rings. The van der Waals surface area contributed by atoms with Gasteiger partial charge in [0.2, 0.25) is 10.0 Å². The fraction of sp³-hybridized carbons (Fsp3) is 0.200. The molecular formula is C10H12BrNO2S. The Kier molecular flexibility index (Phi) is 4.07. The maximum Gasteiger partial charge on any atom is 0.213 e. The molecule has 0 atom stereocenters. The average molecular weight is 290 g/mol. The van der Waals surface area contributed by atoms with E-state index in [0.29, 0.717) is 10.9 Å². The molecular weight excluding hydrogens is 278 g/mol. The molecule has 0 aliphatic heterocycles. The van der Waals surface area contributed by atoms with Crippen molar-refractivity contribution in [2.75, 3.05) is 5.33 Å². The van der Waals surface area contributed by atoms with Gasteiger partial charge in [0.1, 0.15) is 0 Å². The highest BCUT2D eigenvalue weighted by Gasteiger charge is 2.05. The van der Waals surface area contributed by atoms with E-state index in [0.717, 1.165) is 11.1 Å². The van der Waals surface area contributed by atoms with E-state index in [2.05, 4.69) is 22.5 Å². The molecule has 1 rings (SSSR count). The number of rotatable bonds is 4. The van der Waals surface area contributed by atoms with Gasteiger partial charge in [-0.3, -0.25) is 0 Å². The van der Waals surface area contributed by atoms with Gasteiger partial charge >= 0.3 is 0 Å². The Morgan fingerprint density at radius 2 is 1.87 bits per heavy atom. The summed E-state index contributed by atoms with van der Waals surface area (Å²) >= 11 is 3.30. The number of allylic oxidation sites excluding steroid dienone is 1. The molecule has 0 bridgehead atoms. The van der Waals surface area contributed by atoms with Crippen molar-refractivity contribution in [3.05, 3.63) is 42.0 Å². The molecule has 0 saturated carbocycles. The van der Waals surface area contributed by atoms with Crippen LogP contribution in [0.4, 0.5) is 0 Å². The first-order valence-electron chi connectivity index (χ1n) is 4.26. The van der Waals surface area contributed by atoms with Crippen LogP contribution in [0.1, 0.15) is 11.1 Å². The lowest BCUT2D eigenvalue weighted by Crippen LogP contribution is -2.14. The molecule has 0 heterocycles. The molecule has 82 valence electrons. The zero-order chi connectivity index (χ0) is 11.5. The van der Waals surface area contributed by atoms with Gasteiger partial charge in [0, 0.05) is 5.33 Å². The highest BCUT2D eigenvalue weighted by Crippen LogP contribution is 2.15. The van der Waals surface area contributed by atoms with E-state index in [1.54, 1.807) is 12.1 Å². The fourth-order valence-corrected chi connectivity index (χ4v) is 2.13. The van der Waals surface area contributed by atoms with Gasteiger partial charge in [-0.05, 0) is 16.7 Å². The van der Waals surface area contributed by atoms with E-state index < -0.39 is 10.0 Å². The van der Waals surface area contributed by atoms with Crippen LogP contribution in [0.5, 0.6) is 0 Å². The summed E-state index contributed by atoms with van der Waals surface area (Å²) in [6.07, 6.45) is 0. The van der Waals surface area contributed by atoms with Crippen molar-refractivity contribution in [2.45, 2.75) is 5.75 Å². The number of halogens is 1. The van der Waals surface area contributed by atoms with E-state index in [9.17, 15) is 8.42 Å². The summed E-state index contributed by atoms with van der Waals surface area (Å²) < 4.78 is 21.7. The summed E-state index contributed by atoms with van der Waals surface area (Å²) in [5.74, 6) is -0.131. The van der Waals surface area contributed by atoms with Gasteiger partial charge in [0.15, 0.2) is 0 Å². The van der Waals surface area contributed by atoms with Crippen molar-refractivity contribution in [1.82, 2.24) is 0 Å². The zero-order valence-corrected chi connectivity index (χ0v) is 10.5. The largest absolute Gasteiger partial charge is 0.228 e. The summed E-state index contributed by atoms with van der Waals surface area (Å²) in [5.41, 5.74) is 2.63. The molecule has 0 aliphatic carbocycles. The summed E-state index contributed by atoms with van der Waals surface area (Å²) in [4.78, 5) is 0. The highest BCUT2D eigenvalue weighted by atomic mass is 79.9. The quantitative estimate of drug-likeness (QED) is 0.861. The molecule has 0 radical (unpaired) electrons. The molecule has 0 aliphatic rings. The molecule has 1 aromatic carbocycles. The second-order valence-electron chi connectivity index (χ2n) is 3.24. The van der Waals surface area contributed by atoms with Crippen LogP contribution in [-0.4, -0.2) is 13.7 Å². The third-order valence-electron chi connectivity index (χ3n) is 1.89. The number of benzene rings is 1. The lowest BCUT2D eigenvalue weighted by Gasteiger charge is -2.03. The molecule has 3 nitrogen and oxygen atoms in total. The van der Waals surface area contributed by atoms with Crippen LogP contribution in [0, 0.1) is 0 Å². The Morgan fingerprint density at radius 1 is 1.33 bits per heavy atom. The van der Waals surface area contributed by atoms with Crippen LogP contribution in [0.2, 0.25) is 0 Å². The molecule has 0 spiro atoms. The molecule has 2 N–H and O–H groups in total. The Hall–Kier alpha value is -0.650. The van der Waals surface area contributed by atoms with Crippen LogP contribution in [0.15, 0.2) is 30.8 Å². The van der Waals surface area contributed by atoms with Gasteiger partial charge in [-0.15, -0.1) is 0 Å². The number of hydrogen-bond acceptors (Lipinski definition) is 2. The van der Waals surface area contributed by atoms with Crippen molar-refractivity contribution < 1.29 is 8.42 Å². The maximum absolute atomic E-state index is 10.8. The van der Waals surface area contributed by atoms with Crippen LogP contribution in [-0.2, 0) is 15.8 Å². The van der Waals surface area contributed by atoms with Gasteiger partial charge in [-0.25, -0.2) is 13.6 Å². The molecule has 0 unspecified atom stereocenters. The highest BCUT2D eigenvalue weighted by molar-refractivity contribution is 9.09. The molecule has 5 heteroatoms. The third kappa shape index (κ3) is 4.15. The number of alkyl halides is 1. The van der Waals surface area contributed by atoms with Crippen molar-refractivity contribution >= 4 is 31.5 Å². The van der Waals surface area contributed by atoms with E-state index in [4.69, 9.17) is 5.14 Å². The molecule has 0 saturated heterocycles. The average Bonchev–Trinajstić information content (AvgIpc) is 2.15. The van der Waals surface area contributed by atoms with Gasteiger partial charge in [0.25, 0.3) is 0 Å². The number of sulfonamides is 1.